The Bertz CT molecular complexity index is 76.4. The summed E-state index contributed by atoms with van der Waals surface area (Å²) in [6.45, 7) is 0. The van der Waals surface area contributed by atoms with Crippen LogP contribution in [0.4, 0.5) is 0 Å². The predicted octanol–water partition coefficient (Wildman–Crippen LogP) is -4.34. The molecule has 0 aliphatic carbocycles. The number of aliphatic carboxylic acids is 2. The van der Waals surface area contributed by atoms with E-state index in [9.17, 15) is 0 Å². The first kappa shape index (κ1) is 15.7. The minimum absolute atomic E-state index is 0. The minimum Gasteiger partial charge on any atom is -0.543 e. The van der Waals surface area contributed by atoms with Gasteiger partial charge in [-0.1, -0.05) is 0 Å². The Morgan fingerprint density at radius 3 is 1.12 bits per heavy atom. The molecule has 0 atom stereocenters. The summed E-state index contributed by atoms with van der Waals surface area (Å²) in [5, 5.41) is 17.9. The molecule has 0 saturated carbocycles. The molecule has 0 heterocycles. The monoisotopic (exact) mass is 272 g/mol. The van der Waals surface area contributed by atoms with E-state index in [1.54, 1.807) is 0 Å². The predicted molar refractivity (Wildman–Crippen MR) is 13.6 cm³/mol. The largest absolute Gasteiger partial charge is 3.00 e. The maximum atomic E-state index is 8.93. The van der Waals surface area contributed by atoms with E-state index in [-0.39, 0.29) is 42.8 Å². The van der Waals surface area contributed by atoms with E-state index < -0.39 is 11.9 Å². The molecule has 0 unspecified atom stereocenters. The molecule has 2 N–H and O–H groups in total. The van der Waals surface area contributed by atoms with E-state index in [1.807, 2.05) is 0 Å². The summed E-state index contributed by atoms with van der Waals surface area (Å²) in [5.74, 6) is -4.37. The Morgan fingerprint density at radius 1 is 1.00 bits per heavy atom. The fourth-order valence-corrected chi connectivity index (χ4v) is 0. The molecule has 0 bridgehead atoms. The van der Waals surface area contributed by atoms with Gasteiger partial charge in [-0.15, -0.1) is 0 Å². The number of rotatable bonds is 0. The summed E-state index contributed by atoms with van der Waals surface area (Å²) in [4.78, 5) is 17.9. The molecule has 1 radical (unpaired) electrons. The standard InChI is InChI=1S/C2H2O4.Er.H2O/c3-1(4)2(5)6;;/h(H,3,4)(H,5,6);;1H2/q;+3;/p-2. The van der Waals surface area contributed by atoms with Crippen LogP contribution in [0.2, 0.25) is 0 Å². The summed E-state index contributed by atoms with van der Waals surface area (Å²) in [5.41, 5.74) is 0. The van der Waals surface area contributed by atoms with Crippen LogP contribution >= 0.6 is 0 Å². The van der Waals surface area contributed by atoms with Crippen LogP contribution in [0.5, 0.6) is 0 Å². The third-order valence-corrected chi connectivity index (χ3v) is 0.167. The zero-order valence-electron chi connectivity index (χ0n) is 3.42. The first-order valence-electron chi connectivity index (χ1n) is 1.07. The molecule has 0 fully saturated rings. The normalized spacial score (nSPS) is 5.50. The van der Waals surface area contributed by atoms with Gasteiger partial charge in [-0.25, -0.2) is 0 Å². The van der Waals surface area contributed by atoms with Gasteiger partial charge in [0, 0.05) is 0 Å². The van der Waals surface area contributed by atoms with Crippen molar-refractivity contribution in [3.8, 4) is 0 Å². The summed E-state index contributed by atoms with van der Waals surface area (Å²) >= 11 is 0. The Kier molecular flexibility index (Phi) is 14.0. The van der Waals surface area contributed by atoms with E-state index in [1.165, 1.54) is 0 Å². The molecule has 51 valence electrons. The second kappa shape index (κ2) is 7.15. The number of carboxylic acid groups (broad SMARTS) is 2. The van der Waals surface area contributed by atoms with Crippen molar-refractivity contribution >= 4 is 11.9 Å². The molecular weight excluding hydrogens is 271 g/mol. The van der Waals surface area contributed by atoms with Crippen LogP contribution in [-0.4, -0.2) is 17.4 Å². The van der Waals surface area contributed by atoms with Crippen LogP contribution in [0.25, 0.3) is 0 Å². The quantitative estimate of drug-likeness (QED) is 0.415. The smallest absolute Gasteiger partial charge is 0.543 e. The third kappa shape index (κ3) is 9.47. The average Bonchev–Trinajstić information content (AvgIpc) is 1.36. The van der Waals surface area contributed by atoms with Crippen molar-refractivity contribution in [2.75, 3.05) is 0 Å². The van der Waals surface area contributed by atoms with Gasteiger partial charge in [0.15, 0.2) is 0 Å². The number of carboxylic acids is 2. The Morgan fingerprint density at radius 2 is 1.12 bits per heavy atom. The fraction of sp³-hybridized carbons (Fsp3) is 0. The van der Waals surface area contributed by atoms with E-state index in [4.69, 9.17) is 19.8 Å². The topological polar surface area (TPSA) is 112 Å². The summed E-state index contributed by atoms with van der Waals surface area (Å²) < 4.78 is 0. The van der Waals surface area contributed by atoms with Gasteiger partial charge in [-0.05, 0) is 0 Å². The van der Waals surface area contributed by atoms with Crippen LogP contribution in [0.3, 0.4) is 0 Å². The number of hydrogen-bond acceptors (Lipinski definition) is 4. The zero-order valence-corrected chi connectivity index (χ0v) is 5.27. The molecule has 0 aromatic rings. The molecule has 0 aliphatic heterocycles. The maximum Gasteiger partial charge on any atom is 3.00 e. The molecule has 0 aliphatic rings. The zero-order chi connectivity index (χ0) is 5.15. The minimum atomic E-state index is -2.19. The van der Waals surface area contributed by atoms with Gasteiger partial charge in [-0.3, -0.25) is 0 Å². The van der Waals surface area contributed by atoms with E-state index in [0.717, 1.165) is 0 Å². The van der Waals surface area contributed by atoms with Crippen molar-refractivity contribution in [1.82, 2.24) is 0 Å². The van der Waals surface area contributed by atoms with Crippen LogP contribution in [0, 0.1) is 37.3 Å². The molecule has 5 nitrogen and oxygen atoms in total. The summed E-state index contributed by atoms with van der Waals surface area (Å²) in [6, 6.07) is 0. The second-order valence-corrected chi connectivity index (χ2v) is 0.575. The molecule has 8 heavy (non-hydrogen) atoms. The van der Waals surface area contributed by atoms with Crippen molar-refractivity contribution in [2.45, 2.75) is 0 Å². The van der Waals surface area contributed by atoms with Crippen LogP contribution < -0.4 is 10.2 Å². The number of carbonyl (C=O) groups is 2. The Balaban J connectivity index is -0.000000125. The third-order valence-electron chi connectivity index (χ3n) is 0.167. The van der Waals surface area contributed by atoms with Crippen molar-refractivity contribution in [3.05, 3.63) is 0 Å². The summed E-state index contributed by atoms with van der Waals surface area (Å²) in [7, 11) is 0. The molecule has 0 spiro atoms. The van der Waals surface area contributed by atoms with E-state index >= 15 is 0 Å². The van der Waals surface area contributed by atoms with E-state index in [0.29, 0.717) is 0 Å². The van der Waals surface area contributed by atoms with Crippen LogP contribution in [0.15, 0.2) is 0 Å². The SMILES string of the molecule is O.O=C([O-])C(=O)[O-].[Er+3]. The van der Waals surface area contributed by atoms with Crippen LogP contribution in [-0.2, 0) is 9.59 Å². The van der Waals surface area contributed by atoms with Gasteiger partial charge in [0.2, 0.25) is 0 Å². The molecule has 0 amide bonds. The number of hydrogen-bond donors (Lipinski definition) is 0. The van der Waals surface area contributed by atoms with Crippen molar-refractivity contribution in [2.24, 2.45) is 0 Å². The molecule has 0 aromatic carbocycles. The molecule has 0 aromatic heterocycles. The fourth-order valence-electron chi connectivity index (χ4n) is 0. The Hall–Kier alpha value is 0.147. The van der Waals surface area contributed by atoms with Gasteiger partial charge in [0.05, 0.1) is 11.9 Å². The molecule has 0 rings (SSSR count). The second-order valence-electron chi connectivity index (χ2n) is 0.575. The van der Waals surface area contributed by atoms with Crippen molar-refractivity contribution in [1.29, 1.82) is 0 Å². The van der Waals surface area contributed by atoms with Gasteiger partial charge >= 0.3 is 37.3 Å². The van der Waals surface area contributed by atoms with E-state index in [2.05, 4.69) is 0 Å². The first-order valence-corrected chi connectivity index (χ1v) is 1.07. The van der Waals surface area contributed by atoms with Gasteiger partial charge in [-0.2, -0.15) is 0 Å². The summed E-state index contributed by atoms with van der Waals surface area (Å²) in [6.07, 6.45) is 0. The van der Waals surface area contributed by atoms with Gasteiger partial charge in [0.1, 0.15) is 0 Å². The average molecular weight is 273 g/mol. The molecular formula is C2H2ErO5+. The van der Waals surface area contributed by atoms with Gasteiger partial charge in [0.25, 0.3) is 0 Å². The first-order chi connectivity index (χ1) is 2.64. The Labute approximate surface area is 74.2 Å². The number of carbonyl (C=O) groups excluding carboxylic acids is 2. The molecule has 6 heteroatoms. The van der Waals surface area contributed by atoms with Crippen LogP contribution in [0.1, 0.15) is 0 Å². The molecule has 0 saturated heterocycles. The van der Waals surface area contributed by atoms with Crippen molar-refractivity contribution < 1.29 is 62.6 Å². The van der Waals surface area contributed by atoms with Crippen molar-refractivity contribution in [3.63, 3.8) is 0 Å². The van der Waals surface area contributed by atoms with Gasteiger partial charge < -0.3 is 25.3 Å². The maximum absolute atomic E-state index is 8.93.